The van der Waals surface area contributed by atoms with Crippen molar-refractivity contribution in [3.8, 4) is 0 Å². The van der Waals surface area contributed by atoms with Gasteiger partial charge in [0.15, 0.2) is 0 Å². The van der Waals surface area contributed by atoms with Crippen LogP contribution in [0.15, 0.2) is 6.20 Å². The van der Waals surface area contributed by atoms with Crippen LogP contribution in [0, 0.1) is 0 Å². The zero-order valence-corrected chi connectivity index (χ0v) is 8.07. The SMILES string of the molecule is O=C(O)CCc1cn(CC(O)CO)nn1. The normalized spacial score (nSPS) is 12.7. The lowest BCUT2D eigenvalue weighted by atomic mass is 10.2. The van der Waals surface area contributed by atoms with E-state index in [4.69, 9.17) is 15.3 Å². The summed E-state index contributed by atoms with van der Waals surface area (Å²) in [4.78, 5) is 10.3. The van der Waals surface area contributed by atoms with Gasteiger partial charge in [0.25, 0.3) is 0 Å². The van der Waals surface area contributed by atoms with Crippen molar-refractivity contribution in [1.29, 1.82) is 0 Å². The van der Waals surface area contributed by atoms with Crippen LogP contribution in [0.1, 0.15) is 12.1 Å². The first kappa shape index (κ1) is 11.6. The highest BCUT2D eigenvalue weighted by Gasteiger charge is 2.07. The highest BCUT2D eigenvalue weighted by molar-refractivity contribution is 5.66. The van der Waals surface area contributed by atoms with Gasteiger partial charge in [-0.15, -0.1) is 5.10 Å². The fourth-order valence-electron chi connectivity index (χ4n) is 1.05. The van der Waals surface area contributed by atoms with Crippen LogP contribution in [0.4, 0.5) is 0 Å². The Morgan fingerprint density at radius 1 is 1.60 bits per heavy atom. The third kappa shape index (κ3) is 4.05. The van der Waals surface area contributed by atoms with E-state index in [2.05, 4.69) is 10.3 Å². The van der Waals surface area contributed by atoms with E-state index < -0.39 is 12.1 Å². The van der Waals surface area contributed by atoms with Gasteiger partial charge in [0.2, 0.25) is 0 Å². The minimum atomic E-state index is -0.889. The van der Waals surface area contributed by atoms with Crippen molar-refractivity contribution in [2.75, 3.05) is 6.61 Å². The average molecular weight is 215 g/mol. The van der Waals surface area contributed by atoms with E-state index in [1.54, 1.807) is 6.20 Å². The van der Waals surface area contributed by atoms with Crippen LogP contribution in [-0.4, -0.2) is 49.0 Å². The standard InChI is InChI=1S/C8H13N3O4/c12-5-7(13)4-11-3-6(9-10-11)1-2-8(14)15/h3,7,12-13H,1-2,4-5H2,(H,14,15). The van der Waals surface area contributed by atoms with Crippen molar-refractivity contribution in [3.63, 3.8) is 0 Å². The Bertz CT molecular complexity index is 325. The Morgan fingerprint density at radius 2 is 2.33 bits per heavy atom. The Morgan fingerprint density at radius 3 is 2.93 bits per heavy atom. The number of aliphatic hydroxyl groups is 2. The molecule has 0 saturated carbocycles. The van der Waals surface area contributed by atoms with E-state index in [1.807, 2.05) is 0 Å². The third-order valence-corrected chi connectivity index (χ3v) is 1.79. The molecule has 3 N–H and O–H groups in total. The molecule has 0 aromatic carbocycles. The molecule has 0 aliphatic heterocycles. The van der Waals surface area contributed by atoms with Gasteiger partial charge in [-0.2, -0.15) is 0 Å². The summed E-state index contributed by atoms with van der Waals surface area (Å²) in [7, 11) is 0. The monoisotopic (exact) mass is 215 g/mol. The summed E-state index contributed by atoms with van der Waals surface area (Å²) < 4.78 is 1.37. The molecule has 7 nitrogen and oxygen atoms in total. The number of aromatic nitrogens is 3. The maximum absolute atomic E-state index is 10.3. The van der Waals surface area contributed by atoms with Crippen molar-refractivity contribution in [2.45, 2.75) is 25.5 Å². The van der Waals surface area contributed by atoms with Crippen LogP contribution >= 0.6 is 0 Å². The van der Waals surface area contributed by atoms with Gasteiger partial charge in [0, 0.05) is 12.6 Å². The van der Waals surface area contributed by atoms with Crippen LogP contribution in [0.2, 0.25) is 0 Å². The molecule has 0 amide bonds. The predicted octanol–water partition coefficient (Wildman–Crippen LogP) is -1.35. The molecule has 0 bridgehead atoms. The highest BCUT2D eigenvalue weighted by atomic mass is 16.4. The highest BCUT2D eigenvalue weighted by Crippen LogP contribution is 1.99. The second-order valence-corrected chi connectivity index (χ2v) is 3.16. The number of hydrogen-bond donors (Lipinski definition) is 3. The Hall–Kier alpha value is -1.47. The molecule has 1 atom stereocenters. The number of aryl methyl sites for hydroxylation is 1. The molecule has 0 fully saturated rings. The summed E-state index contributed by atoms with van der Waals surface area (Å²) in [6, 6.07) is 0. The Labute approximate surface area is 86.0 Å². The van der Waals surface area contributed by atoms with E-state index >= 15 is 0 Å². The zero-order chi connectivity index (χ0) is 11.3. The molecule has 0 radical (unpaired) electrons. The van der Waals surface area contributed by atoms with Gasteiger partial charge in [0.1, 0.15) is 0 Å². The second kappa shape index (κ2) is 5.42. The first-order valence-electron chi connectivity index (χ1n) is 4.51. The summed E-state index contributed by atoms with van der Waals surface area (Å²) in [6.07, 6.45) is 0.993. The van der Waals surface area contributed by atoms with Crippen LogP contribution in [0.3, 0.4) is 0 Å². The smallest absolute Gasteiger partial charge is 0.303 e. The second-order valence-electron chi connectivity index (χ2n) is 3.16. The van der Waals surface area contributed by atoms with Gasteiger partial charge in [-0.3, -0.25) is 4.79 Å². The minimum Gasteiger partial charge on any atom is -0.481 e. The summed E-state index contributed by atoms with van der Waals surface area (Å²) in [6.45, 7) is -0.194. The molecule has 1 unspecified atom stereocenters. The molecule has 1 aromatic rings. The lowest BCUT2D eigenvalue weighted by Gasteiger charge is -2.04. The summed E-state index contributed by atoms with van der Waals surface area (Å²) >= 11 is 0. The number of aliphatic hydroxyl groups excluding tert-OH is 2. The van der Waals surface area contributed by atoms with Gasteiger partial charge in [0.05, 0.1) is 31.4 Å². The lowest BCUT2D eigenvalue weighted by Crippen LogP contribution is -2.20. The molecule has 0 aliphatic rings. The molecule has 7 heteroatoms. The van der Waals surface area contributed by atoms with Crippen molar-refractivity contribution in [3.05, 3.63) is 11.9 Å². The molecule has 0 spiro atoms. The number of hydrogen-bond acceptors (Lipinski definition) is 5. The number of carbonyl (C=O) groups is 1. The summed E-state index contributed by atoms with van der Waals surface area (Å²) in [5.41, 5.74) is 0.558. The number of rotatable bonds is 6. The fourth-order valence-corrected chi connectivity index (χ4v) is 1.05. The van der Waals surface area contributed by atoms with Crippen LogP contribution in [0.5, 0.6) is 0 Å². The van der Waals surface area contributed by atoms with Crippen LogP contribution in [-0.2, 0) is 17.8 Å². The van der Waals surface area contributed by atoms with Gasteiger partial charge in [-0.05, 0) is 0 Å². The molecule has 1 heterocycles. The largest absolute Gasteiger partial charge is 0.481 e. The average Bonchev–Trinajstić information content (AvgIpc) is 2.62. The van der Waals surface area contributed by atoms with E-state index in [0.29, 0.717) is 12.1 Å². The molecular formula is C8H13N3O4. The lowest BCUT2D eigenvalue weighted by molar-refractivity contribution is -0.136. The van der Waals surface area contributed by atoms with Crippen LogP contribution < -0.4 is 0 Å². The van der Waals surface area contributed by atoms with Crippen molar-refractivity contribution >= 4 is 5.97 Å². The number of nitrogens with zero attached hydrogens (tertiary/aromatic N) is 3. The van der Waals surface area contributed by atoms with Crippen molar-refractivity contribution in [1.82, 2.24) is 15.0 Å². The topological polar surface area (TPSA) is 108 Å². The Kier molecular flexibility index (Phi) is 4.19. The predicted molar refractivity (Wildman–Crippen MR) is 49.1 cm³/mol. The van der Waals surface area contributed by atoms with E-state index in [-0.39, 0.29) is 19.6 Å². The maximum atomic E-state index is 10.3. The van der Waals surface area contributed by atoms with Gasteiger partial charge < -0.3 is 15.3 Å². The molecule has 0 aliphatic carbocycles. The minimum absolute atomic E-state index is 0.00124. The zero-order valence-electron chi connectivity index (χ0n) is 8.07. The molecule has 15 heavy (non-hydrogen) atoms. The number of carboxylic acid groups (broad SMARTS) is 1. The summed E-state index contributed by atoms with van der Waals surface area (Å²) in [5.74, 6) is -0.889. The Balaban J connectivity index is 2.45. The van der Waals surface area contributed by atoms with E-state index in [9.17, 15) is 4.79 Å². The van der Waals surface area contributed by atoms with Crippen molar-refractivity contribution < 1.29 is 20.1 Å². The van der Waals surface area contributed by atoms with Gasteiger partial charge >= 0.3 is 5.97 Å². The quantitative estimate of drug-likeness (QED) is 0.541. The van der Waals surface area contributed by atoms with E-state index in [0.717, 1.165) is 0 Å². The molecule has 0 saturated heterocycles. The van der Waals surface area contributed by atoms with Crippen molar-refractivity contribution in [2.24, 2.45) is 0 Å². The third-order valence-electron chi connectivity index (χ3n) is 1.79. The maximum Gasteiger partial charge on any atom is 0.303 e. The number of aliphatic carboxylic acids is 1. The fraction of sp³-hybridized carbons (Fsp3) is 0.625. The van der Waals surface area contributed by atoms with Gasteiger partial charge in [-0.1, -0.05) is 5.21 Å². The van der Waals surface area contributed by atoms with Crippen LogP contribution in [0.25, 0.3) is 0 Å². The summed E-state index contributed by atoms with van der Waals surface area (Å²) in [5, 5.41) is 33.5. The molecular weight excluding hydrogens is 202 g/mol. The van der Waals surface area contributed by atoms with E-state index in [1.165, 1.54) is 4.68 Å². The molecule has 1 aromatic heterocycles. The first-order valence-corrected chi connectivity index (χ1v) is 4.51. The first-order chi connectivity index (χ1) is 7.11. The number of carboxylic acids is 1. The molecule has 1 rings (SSSR count). The molecule has 84 valence electrons. The van der Waals surface area contributed by atoms with Gasteiger partial charge in [-0.25, -0.2) is 4.68 Å².